The van der Waals surface area contributed by atoms with E-state index in [0.29, 0.717) is 12.0 Å². The van der Waals surface area contributed by atoms with Crippen molar-refractivity contribution in [3.63, 3.8) is 0 Å². The minimum atomic E-state index is -4.41. The Bertz CT molecular complexity index is 573. The van der Waals surface area contributed by atoms with Crippen molar-refractivity contribution in [1.82, 2.24) is 5.32 Å². The molecule has 1 aliphatic rings. The van der Waals surface area contributed by atoms with E-state index in [1.165, 1.54) is 18.2 Å². The summed E-state index contributed by atoms with van der Waals surface area (Å²) in [5, 5.41) is 11.3. The first-order chi connectivity index (χ1) is 10.3. The fourth-order valence-corrected chi connectivity index (χ4v) is 1.99. The van der Waals surface area contributed by atoms with E-state index in [9.17, 15) is 22.8 Å². The Morgan fingerprint density at radius 1 is 1.32 bits per heavy atom. The molecule has 1 fully saturated rings. The number of carbonyl (C=O) groups excluding carboxylic acids is 1. The van der Waals surface area contributed by atoms with Crippen molar-refractivity contribution in [3.05, 3.63) is 29.8 Å². The molecule has 5 nitrogen and oxygen atoms in total. The van der Waals surface area contributed by atoms with Gasteiger partial charge in [-0.1, -0.05) is 12.1 Å². The second-order valence-electron chi connectivity index (χ2n) is 5.06. The highest BCUT2D eigenvalue weighted by molar-refractivity contribution is 5.89. The van der Waals surface area contributed by atoms with Gasteiger partial charge in [-0.05, 0) is 24.1 Å². The molecule has 120 valence electrons. The predicted molar refractivity (Wildman–Crippen MR) is 69.1 cm³/mol. The highest BCUT2D eigenvalue weighted by Gasteiger charge is 2.48. The Morgan fingerprint density at radius 2 is 2.05 bits per heavy atom. The van der Waals surface area contributed by atoms with Gasteiger partial charge in [0.25, 0.3) is 0 Å². The van der Waals surface area contributed by atoms with E-state index in [1.807, 2.05) is 0 Å². The summed E-state index contributed by atoms with van der Waals surface area (Å²) in [5.74, 6) is -2.47. The first kappa shape index (κ1) is 16.1. The molecule has 8 heteroatoms. The van der Waals surface area contributed by atoms with Crippen molar-refractivity contribution in [3.8, 4) is 5.75 Å². The van der Waals surface area contributed by atoms with Crippen LogP contribution >= 0.6 is 0 Å². The van der Waals surface area contributed by atoms with Crippen LogP contribution in [0.3, 0.4) is 0 Å². The Hall–Kier alpha value is -2.25. The lowest BCUT2D eigenvalue weighted by atomic mass is 10.2. The van der Waals surface area contributed by atoms with Crippen molar-refractivity contribution in [2.45, 2.75) is 19.1 Å². The lowest BCUT2D eigenvalue weighted by Crippen LogP contribution is -2.26. The van der Waals surface area contributed by atoms with Crippen LogP contribution in [0.5, 0.6) is 5.75 Å². The van der Waals surface area contributed by atoms with Crippen molar-refractivity contribution in [2.75, 3.05) is 6.61 Å². The van der Waals surface area contributed by atoms with Gasteiger partial charge < -0.3 is 15.2 Å². The maximum atomic E-state index is 12.1. The predicted octanol–water partition coefficient (Wildman–Crippen LogP) is 1.96. The van der Waals surface area contributed by atoms with Crippen LogP contribution in [0.15, 0.2) is 24.3 Å². The molecule has 2 atom stereocenters. The fraction of sp³-hybridized carbons (Fsp3) is 0.429. The van der Waals surface area contributed by atoms with Gasteiger partial charge in [0.15, 0.2) is 6.61 Å². The average molecular weight is 317 g/mol. The van der Waals surface area contributed by atoms with Gasteiger partial charge in [-0.15, -0.1) is 0 Å². The number of hydrogen-bond acceptors (Lipinski definition) is 3. The van der Waals surface area contributed by atoms with E-state index in [1.54, 1.807) is 6.07 Å². The molecule has 22 heavy (non-hydrogen) atoms. The molecule has 0 heterocycles. The van der Waals surface area contributed by atoms with Crippen molar-refractivity contribution < 1.29 is 32.6 Å². The van der Waals surface area contributed by atoms with Gasteiger partial charge in [-0.25, -0.2) is 0 Å². The number of amides is 1. The highest BCUT2D eigenvalue weighted by Crippen LogP contribution is 2.38. The molecule has 1 aromatic carbocycles. The minimum absolute atomic E-state index is 0.0545. The molecular weight excluding hydrogens is 303 g/mol. The lowest BCUT2D eigenvalue weighted by molar-refractivity contribution is -0.153. The quantitative estimate of drug-likeness (QED) is 0.841. The fourth-order valence-electron chi connectivity index (χ4n) is 1.99. The molecule has 0 radical (unpaired) electrons. The number of hydrogen-bond donors (Lipinski definition) is 2. The topological polar surface area (TPSA) is 75.6 Å². The van der Waals surface area contributed by atoms with E-state index < -0.39 is 30.6 Å². The number of aliphatic carboxylic acids is 1. The van der Waals surface area contributed by atoms with Crippen LogP contribution in [0.2, 0.25) is 0 Å². The molecule has 0 aromatic heterocycles. The summed E-state index contributed by atoms with van der Waals surface area (Å²) in [6.07, 6.45) is -4.10. The molecule has 2 N–H and O–H groups in total. The number of halogens is 3. The van der Waals surface area contributed by atoms with E-state index in [4.69, 9.17) is 5.11 Å². The molecule has 1 aromatic rings. The number of carboxylic acids is 1. The Kier molecular flexibility index (Phi) is 4.58. The molecule has 0 spiro atoms. The molecule has 1 amide bonds. The van der Waals surface area contributed by atoms with Crippen LogP contribution < -0.4 is 10.1 Å². The smallest absolute Gasteiger partial charge is 0.422 e. The summed E-state index contributed by atoms with van der Waals surface area (Å²) in [6, 6.07) is 5.93. The van der Waals surface area contributed by atoms with Gasteiger partial charge in [0.1, 0.15) is 5.75 Å². The number of ether oxygens (including phenoxy) is 1. The zero-order valence-corrected chi connectivity index (χ0v) is 11.4. The summed E-state index contributed by atoms with van der Waals surface area (Å²) in [7, 11) is 0. The second-order valence-corrected chi connectivity index (χ2v) is 5.06. The van der Waals surface area contributed by atoms with Crippen molar-refractivity contribution in [1.29, 1.82) is 0 Å². The number of alkyl halides is 3. The molecular formula is C14H14F3NO4. The largest absolute Gasteiger partial charge is 0.484 e. The van der Waals surface area contributed by atoms with Crippen LogP contribution in [-0.4, -0.2) is 29.8 Å². The van der Waals surface area contributed by atoms with E-state index >= 15 is 0 Å². The van der Waals surface area contributed by atoms with Crippen LogP contribution in [-0.2, 0) is 16.1 Å². The first-order valence-corrected chi connectivity index (χ1v) is 6.55. The maximum absolute atomic E-state index is 12.1. The normalized spacial score (nSPS) is 20.3. The SMILES string of the molecule is O=C(NCc1cccc(OCC(F)(F)F)c1)[C@H]1C[C@H]1C(=O)O. The molecule has 1 saturated carbocycles. The molecule has 0 unspecified atom stereocenters. The standard InChI is InChI=1S/C14H14F3NO4/c15-14(16,17)7-22-9-3-1-2-8(4-9)6-18-12(19)10-5-11(10)13(20)21/h1-4,10-11H,5-7H2,(H,18,19)(H,20,21)/t10-,11+/m0/s1. The molecule has 0 saturated heterocycles. The lowest BCUT2D eigenvalue weighted by Gasteiger charge is -2.10. The Balaban J connectivity index is 1.83. The third-order valence-electron chi connectivity index (χ3n) is 3.21. The molecule has 1 aliphatic carbocycles. The summed E-state index contributed by atoms with van der Waals surface area (Å²) in [5.41, 5.74) is 0.570. The zero-order chi connectivity index (χ0) is 16.3. The summed E-state index contributed by atoms with van der Waals surface area (Å²) >= 11 is 0. The Morgan fingerprint density at radius 3 is 2.64 bits per heavy atom. The van der Waals surface area contributed by atoms with Gasteiger partial charge >= 0.3 is 12.1 Å². The van der Waals surface area contributed by atoms with Gasteiger partial charge in [-0.2, -0.15) is 13.2 Å². The number of rotatable bonds is 6. The molecule has 2 rings (SSSR count). The number of nitrogens with one attached hydrogen (secondary N) is 1. The van der Waals surface area contributed by atoms with Crippen molar-refractivity contribution >= 4 is 11.9 Å². The van der Waals surface area contributed by atoms with Gasteiger partial charge in [0, 0.05) is 6.54 Å². The first-order valence-electron chi connectivity index (χ1n) is 6.55. The van der Waals surface area contributed by atoms with Gasteiger partial charge in [0.2, 0.25) is 5.91 Å². The van der Waals surface area contributed by atoms with Crippen LogP contribution in [0.4, 0.5) is 13.2 Å². The third kappa shape index (κ3) is 4.64. The Labute approximate surface area is 124 Å². The minimum Gasteiger partial charge on any atom is -0.484 e. The third-order valence-corrected chi connectivity index (χ3v) is 3.21. The number of carboxylic acid groups (broad SMARTS) is 1. The molecule has 0 aliphatic heterocycles. The molecule has 0 bridgehead atoms. The average Bonchev–Trinajstić information content (AvgIpc) is 3.23. The van der Waals surface area contributed by atoms with Crippen LogP contribution in [0, 0.1) is 11.8 Å². The van der Waals surface area contributed by atoms with Gasteiger partial charge in [0.05, 0.1) is 11.8 Å². The van der Waals surface area contributed by atoms with E-state index in [-0.39, 0.29) is 18.2 Å². The van der Waals surface area contributed by atoms with Gasteiger partial charge in [-0.3, -0.25) is 9.59 Å². The van der Waals surface area contributed by atoms with Crippen LogP contribution in [0.1, 0.15) is 12.0 Å². The monoisotopic (exact) mass is 317 g/mol. The summed E-state index contributed by atoms with van der Waals surface area (Å²) < 4.78 is 40.8. The van der Waals surface area contributed by atoms with Crippen molar-refractivity contribution in [2.24, 2.45) is 11.8 Å². The summed E-state index contributed by atoms with van der Waals surface area (Å²) in [4.78, 5) is 22.3. The van der Waals surface area contributed by atoms with Crippen LogP contribution in [0.25, 0.3) is 0 Å². The second kappa shape index (κ2) is 6.25. The number of carbonyl (C=O) groups is 2. The highest BCUT2D eigenvalue weighted by atomic mass is 19.4. The van der Waals surface area contributed by atoms with E-state index in [0.717, 1.165) is 0 Å². The zero-order valence-electron chi connectivity index (χ0n) is 11.4. The number of benzene rings is 1. The maximum Gasteiger partial charge on any atom is 0.422 e. The van der Waals surface area contributed by atoms with E-state index in [2.05, 4.69) is 10.1 Å². The summed E-state index contributed by atoms with van der Waals surface area (Å²) in [6.45, 7) is -1.28.